The molecule has 4 nitrogen and oxygen atoms in total. The molecular weight excluding hydrogens is 286 g/mol. The summed E-state index contributed by atoms with van der Waals surface area (Å²) in [5.41, 5.74) is 1.48. The van der Waals surface area contributed by atoms with Gasteiger partial charge in [-0.3, -0.25) is 0 Å². The Balaban J connectivity index is 2.32. The Hall–Kier alpha value is -0.910. The van der Waals surface area contributed by atoms with E-state index in [9.17, 15) is 13.5 Å². The lowest BCUT2D eigenvalue weighted by Crippen LogP contribution is -2.31. The van der Waals surface area contributed by atoms with Gasteiger partial charge in [-0.1, -0.05) is 32.9 Å². The van der Waals surface area contributed by atoms with Crippen molar-refractivity contribution in [3.63, 3.8) is 0 Å². The number of rotatable bonds is 3. The second-order valence-corrected chi connectivity index (χ2v) is 8.88. The van der Waals surface area contributed by atoms with Crippen LogP contribution in [-0.4, -0.2) is 30.9 Å². The average Bonchev–Trinajstić information content (AvgIpc) is 2.89. The van der Waals surface area contributed by atoms with Crippen molar-refractivity contribution in [1.29, 1.82) is 0 Å². The van der Waals surface area contributed by atoms with Crippen LogP contribution < -0.4 is 0 Å². The zero-order valence-corrected chi connectivity index (χ0v) is 14.1. The molecule has 1 aromatic carbocycles. The van der Waals surface area contributed by atoms with Crippen LogP contribution >= 0.6 is 0 Å². The zero-order valence-electron chi connectivity index (χ0n) is 13.3. The summed E-state index contributed by atoms with van der Waals surface area (Å²) in [4.78, 5) is 0.323. The summed E-state index contributed by atoms with van der Waals surface area (Å²) in [5.74, 6) is 0.383. The van der Waals surface area contributed by atoms with Gasteiger partial charge in [0.25, 0.3) is 0 Å². The van der Waals surface area contributed by atoms with E-state index < -0.39 is 10.0 Å². The molecule has 1 aliphatic rings. The van der Waals surface area contributed by atoms with Crippen LogP contribution in [0.3, 0.4) is 0 Å². The van der Waals surface area contributed by atoms with Crippen LogP contribution in [0.15, 0.2) is 23.1 Å². The summed E-state index contributed by atoms with van der Waals surface area (Å²) in [6, 6.07) is 5.11. The molecule has 0 radical (unpaired) electrons. The quantitative estimate of drug-likeness (QED) is 0.933. The highest BCUT2D eigenvalue weighted by atomic mass is 32.2. The fraction of sp³-hybridized carbons (Fsp3) is 0.625. The maximum absolute atomic E-state index is 12.8. The van der Waals surface area contributed by atoms with E-state index in [4.69, 9.17) is 0 Å². The number of hydrogen-bond donors (Lipinski definition) is 1. The van der Waals surface area contributed by atoms with Crippen LogP contribution in [0.2, 0.25) is 0 Å². The van der Waals surface area contributed by atoms with E-state index in [0.29, 0.717) is 29.5 Å². The zero-order chi connectivity index (χ0) is 15.8. The first-order valence-electron chi connectivity index (χ1n) is 7.37. The first kappa shape index (κ1) is 16.5. The van der Waals surface area contributed by atoms with E-state index in [1.807, 2.05) is 0 Å². The van der Waals surface area contributed by atoms with Crippen molar-refractivity contribution in [2.45, 2.75) is 45.6 Å². The number of hydrogen-bond acceptors (Lipinski definition) is 3. The van der Waals surface area contributed by atoms with Gasteiger partial charge in [0.05, 0.1) is 11.5 Å². The van der Waals surface area contributed by atoms with Gasteiger partial charge in [-0.15, -0.1) is 0 Å². The van der Waals surface area contributed by atoms with Gasteiger partial charge in [-0.25, -0.2) is 8.42 Å². The summed E-state index contributed by atoms with van der Waals surface area (Å²) < 4.78 is 27.3. The Kier molecular flexibility index (Phi) is 4.47. The fourth-order valence-corrected chi connectivity index (χ4v) is 4.59. The number of benzene rings is 1. The Morgan fingerprint density at radius 1 is 1.33 bits per heavy atom. The average molecular weight is 311 g/mol. The summed E-state index contributed by atoms with van der Waals surface area (Å²) in [7, 11) is -3.47. The van der Waals surface area contributed by atoms with Gasteiger partial charge < -0.3 is 5.11 Å². The number of aliphatic hydroxyl groups excluding tert-OH is 1. The minimum absolute atomic E-state index is 0.117. The third-order valence-corrected chi connectivity index (χ3v) is 6.44. The van der Waals surface area contributed by atoms with Crippen LogP contribution in [-0.2, 0) is 16.6 Å². The number of aliphatic hydroxyl groups is 1. The second-order valence-electron chi connectivity index (χ2n) is 6.97. The first-order chi connectivity index (χ1) is 9.66. The van der Waals surface area contributed by atoms with E-state index in [1.54, 1.807) is 29.4 Å². The highest BCUT2D eigenvalue weighted by molar-refractivity contribution is 7.89. The monoisotopic (exact) mass is 311 g/mol. The second kappa shape index (κ2) is 5.71. The normalized spacial score (nSPS) is 20.9. The summed E-state index contributed by atoms with van der Waals surface area (Å²) >= 11 is 0. The van der Waals surface area contributed by atoms with E-state index >= 15 is 0 Å². The van der Waals surface area contributed by atoms with Gasteiger partial charge in [0.15, 0.2) is 0 Å². The van der Waals surface area contributed by atoms with Crippen molar-refractivity contribution < 1.29 is 13.5 Å². The summed E-state index contributed by atoms with van der Waals surface area (Å²) in [6.07, 6.45) is 0.904. The van der Waals surface area contributed by atoms with E-state index in [2.05, 4.69) is 20.8 Å². The minimum Gasteiger partial charge on any atom is -0.392 e. The van der Waals surface area contributed by atoms with Crippen molar-refractivity contribution in [2.24, 2.45) is 11.3 Å². The van der Waals surface area contributed by atoms with Crippen molar-refractivity contribution in [3.05, 3.63) is 29.3 Å². The van der Waals surface area contributed by atoms with Gasteiger partial charge in [-0.05, 0) is 41.9 Å². The van der Waals surface area contributed by atoms with Gasteiger partial charge in [-0.2, -0.15) is 4.31 Å². The van der Waals surface area contributed by atoms with Crippen LogP contribution in [0.4, 0.5) is 0 Å². The molecule has 1 unspecified atom stereocenters. The molecule has 1 aromatic rings. The van der Waals surface area contributed by atoms with E-state index in [1.165, 1.54) is 0 Å². The van der Waals surface area contributed by atoms with Crippen molar-refractivity contribution in [2.75, 3.05) is 13.1 Å². The Morgan fingerprint density at radius 3 is 2.52 bits per heavy atom. The molecule has 1 atom stereocenters. The third kappa shape index (κ3) is 3.30. The third-order valence-electron chi connectivity index (χ3n) is 4.43. The number of aryl methyl sites for hydroxylation is 1. The highest BCUT2D eigenvalue weighted by Crippen LogP contribution is 2.36. The molecule has 0 saturated carbocycles. The molecule has 1 aliphatic heterocycles. The number of sulfonamides is 1. The largest absolute Gasteiger partial charge is 0.392 e. The molecule has 0 spiro atoms. The smallest absolute Gasteiger partial charge is 0.243 e. The van der Waals surface area contributed by atoms with Gasteiger partial charge in [0, 0.05) is 13.1 Å². The lowest BCUT2D eigenvalue weighted by molar-refractivity contribution is 0.252. The van der Waals surface area contributed by atoms with Crippen LogP contribution in [0.25, 0.3) is 0 Å². The minimum atomic E-state index is -3.47. The molecule has 21 heavy (non-hydrogen) atoms. The van der Waals surface area contributed by atoms with Crippen LogP contribution in [0.1, 0.15) is 38.3 Å². The highest BCUT2D eigenvalue weighted by Gasteiger charge is 2.38. The molecule has 1 N–H and O–H groups in total. The van der Waals surface area contributed by atoms with Crippen LogP contribution in [0, 0.1) is 18.3 Å². The molecule has 2 rings (SSSR count). The lowest BCUT2D eigenvalue weighted by atomic mass is 9.80. The lowest BCUT2D eigenvalue weighted by Gasteiger charge is -2.27. The van der Waals surface area contributed by atoms with Gasteiger partial charge >= 0.3 is 0 Å². The van der Waals surface area contributed by atoms with E-state index in [0.717, 1.165) is 12.0 Å². The van der Waals surface area contributed by atoms with Crippen molar-refractivity contribution in [1.82, 2.24) is 4.31 Å². The molecule has 1 saturated heterocycles. The Bertz CT molecular complexity index is 617. The predicted molar refractivity (Wildman–Crippen MR) is 83.4 cm³/mol. The SMILES string of the molecule is Cc1ccc(CO)cc1S(=O)(=O)N1CCC(C(C)(C)C)C1. The molecular formula is C16H25NO3S. The number of nitrogens with zero attached hydrogens (tertiary/aromatic N) is 1. The molecule has 0 aromatic heterocycles. The summed E-state index contributed by atoms with van der Waals surface area (Å²) in [5, 5.41) is 9.22. The molecule has 5 heteroatoms. The topological polar surface area (TPSA) is 57.6 Å². The Morgan fingerprint density at radius 2 is 2.00 bits per heavy atom. The molecule has 1 heterocycles. The van der Waals surface area contributed by atoms with Gasteiger partial charge in [0.1, 0.15) is 0 Å². The molecule has 0 aliphatic carbocycles. The maximum Gasteiger partial charge on any atom is 0.243 e. The molecule has 1 fully saturated rings. The van der Waals surface area contributed by atoms with Gasteiger partial charge in [0.2, 0.25) is 10.0 Å². The van der Waals surface area contributed by atoms with Crippen LogP contribution in [0.5, 0.6) is 0 Å². The molecule has 118 valence electrons. The molecule has 0 amide bonds. The molecule has 0 bridgehead atoms. The fourth-order valence-electron chi connectivity index (χ4n) is 2.81. The van der Waals surface area contributed by atoms with Crippen molar-refractivity contribution in [3.8, 4) is 0 Å². The standard InChI is InChI=1S/C16H25NO3S/c1-12-5-6-13(11-18)9-15(12)21(19,20)17-8-7-14(10-17)16(2,3)4/h5-6,9,14,18H,7-8,10-11H2,1-4H3. The van der Waals surface area contributed by atoms with Crippen molar-refractivity contribution >= 4 is 10.0 Å². The Labute approximate surface area is 127 Å². The van der Waals surface area contributed by atoms with E-state index in [-0.39, 0.29) is 12.0 Å². The predicted octanol–water partition coefficient (Wildman–Crippen LogP) is 2.54. The first-order valence-corrected chi connectivity index (χ1v) is 8.81. The maximum atomic E-state index is 12.8. The summed E-state index contributed by atoms with van der Waals surface area (Å²) in [6.45, 7) is 9.28.